The first-order chi connectivity index (χ1) is 12.2. The molecule has 1 rings (SSSR count). The zero-order valence-corrected chi connectivity index (χ0v) is 16.7. The molecule has 1 aromatic rings. The van der Waals surface area contributed by atoms with Crippen LogP contribution in [-0.2, 0) is 4.74 Å². The third kappa shape index (κ3) is 7.58. The summed E-state index contributed by atoms with van der Waals surface area (Å²) in [6.45, 7) is 10.7. The highest BCUT2D eigenvalue weighted by molar-refractivity contribution is 5.68. The van der Waals surface area contributed by atoms with Gasteiger partial charge in [-0.3, -0.25) is 0 Å². The van der Waals surface area contributed by atoms with Crippen molar-refractivity contribution in [2.24, 2.45) is 11.7 Å². The lowest BCUT2D eigenvalue weighted by Gasteiger charge is -2.28. The van der Waals surface area contributed by atoms with Gasteiger partial charge in [-0.1, -0.05) is 49.4 Å². The normalized spacial score (nSPS) is 15.5. The van der Waals surface area contributed by atoms with Gasteiger partial charge in [0, 0.05) is 13.1 Å². The van der Waals surface area contributed by atoms with Crippen LogP contribution in [0, 0.1) is 5.92 Å². The number of aliphatic hydroxyl groups excluding tert-OH is 1. The maximum absolute atomic E-state index is 12.3. The molecule has 1 aromatic carbocycles. The van der Waals surface area contributed by atoms with Crippen LogP contribution in [0.2, 0.25) is 0 Å². The number of nitrogens with two attached hydrogens (primary N) is 1. The molecule has 3 N–H and O–H groups in total. The van der Waals surface area contributed by atoms with E-state index in [-0.39, 0.29) is 12.0 Å². The number of benzene rings is 1. The van der Waals surface area contributed by atoms with Crippen molar-refractivity contribution in [2.75, 3.05) is 13.1 Å². The van der Waals surface area contributed by atoms with Gasteiger partial charge in [-0.05, 0) is 45.6 Å². The molecule has 0 spiro atoms. The minimum absolute atomic E-state index is 0.125. The van der Waals surface area contributed by atoms with Gasteiger partial charge in [-0.15, -0.1) is 0 Å². The Labute approximate surface area is 157 Å². The molecule has 5 nitrogen and oxygen atoms in total. The van der Waals surface area contributed by atoms with Gasteiger partial charge >= 0.3 is 6.09 Å². The van der Waals surface area contributed by atoms with E-state index in [1.54, 1.807) is 11.0 Å². The highest BCUT2D eigenvalue weighted by atomic mass is 16.6. The molecule has 146 valence electrons. The van der Waals surface area contributed by atoms with Crippen LogP contribution in [0.15, 0.2) is 42.5 Å². The molecule has 26 heavy (non-hydrogen) atoms. The Bertz CT molecular complexity index is 566. The monoisotopic (exact) mass is 362 g/mol. The van der Waals surface area contributed by atoms with Crippen LogP contribution in [-0.4, -0.2) is 40.9 Å². The quantitative estimate of drug-likeness (QED) is 0.688. The summed E-state index contributed by atoms with van der Waals surface area (Å²) in [6, 6.07) is 9.06. The van der Waals surface area contributed by atoms with Crippen LogP contribution >= 0.6 is 0 Å². The Morgan fingerprint density at radius 1 is 1.23 bits per heavy atom. The first kappa shape index (κ1) is 22.2. The average molecular weight is 363 g/mol. The smallest absolute Gasteiger partial charge is 0.410 e. The van der Waals surface area contributed by atoms with E-state index in [1.807, 2.05) is 64.1 Å². The van der Waals surface area contributed by atoms with Crippen LogP contribution in [0.1, 0.15) is 52.6 Å². The van der Waals surface area contributed by atoms with Crippen LogP contribution < -0.4 is 5.73 Å². The molecule has 3 atom stereocenters. The predicted molar refractivity (Wildman–Crippen MR) is 106 cm³/mol. The third-order valence-corrected chi connectivity index (χ3v) is 4.15. The maximum Gasteiger partial charge on any atom is 0.410 e. The maximum atomic E-state index is 12.3. The number of hydrogen-bond donors (Lipinski definition) is 2. The molecule has 0 aromatic heterocycles. The number of nitrogens with zero attached hydrogens (tertiary/aromatic N) is 1. The number of aliphatic hydroxyl groups is 1. The van der Waals surface area contributed by atoms with Crippen molar-refractivity contribution in [1.82, 2.24) is 4.90 Å². The molecule has 0 radical (unpaired) electrons. The fourth-order valence-corrected chi connectivity index (χ4v) is 2.53. The Balaban J connectivity index is 2.69. The third-order valence-electron chi connectivity index (χ3n) is 4.15. The molecule has 0 saturated heterocycles. The van der Waals surface area contributed by atoms with Crippen molar-refractivity contribution in [3.8, 4) is 0 Å². The van der Waals surface area contributed by atoms with Crippen molar-refractivity contribution in [3.63, 3.8) is 0 Å². The molecular weight excluding hydrogens is 328 g/mol. The van der Waals surface area contributed by atoms with E-state index < -0.39 is 17.7 Å². The second-order valence-corrected chi connectivity index (χ2v) is 7.50. The van der Waals surface area contributed by atoms with E-state index in [4.69, 9.17) is 10.5 Å². The molecule has 0 saturated carbocycles. The summed E-state index contributed by atoms with van der Waals surface area (Å²) in [4.78, 5) is 14.0. The zero-order valence-electron chi connectivity index (χ0n) is 16.7. The zero-order chi connectivity index (χ0) is 19.7. The Morgan fingerprint density at radius 3 is 2.35 bits per heavy atom. The SMILES string of the molecule is CCC(C=CC(O)C(N)c1ccccc1)CN(CC)C(=O)OC(C)(C)C. The van der Waals surface area contributed by atoms with E-state index in [0.29, 0.717) is 13.1 Å². The van der Waals surface area contributed by atoms with E-state index in [0.717, 1.165) is 12.0 Å². The molecule has 0 fully saturated rings. The van der Waals surface area contributed by atoms with Gasteiger partial charge in [0.2, 0.25) is 0 Å². The minimum Gasteiger partial charge on any atom is -0.444 e. The van der Waals surface area contributed by atoms with Gasteiger partial charge in [0.05, 0.1) is 12.1 Å². The first-order valence-electron chi connectivity index (χ1n) is 9.32. The van der Waals surface area contributed by atoms with Crippen LogP contribution in [0.5, 0.6) is 0 Å². The van der Waals surface area contributed by atoms with Gasteiger partial charge < -0.3 is 20.5 Å². The van der Waals surface area contributed by atoms with Crippen LogP contribution in [0.3, 0.4) is 0 Å². The van der Waals surface area contributed by atoms with Crippen LogP contribution in [0.25, 0.3) is 0 Å². The summed E-state index contributed by atoms with van der Waals surface area (Å²) in [7, 11) is 0. The highest BCUT2D eigenvalue weighted by Gasteiger charge is 2.22. The summed E-state index contributed by atoms with van der Waals surface area (Å²) < 4.78 is 5.45. The molecule has 0 aliphatic rings. The number of amides is 1. The van der Waals surface area contributed by atoms with Crippen molar-refractivity contribution in [2.45, 2.75) is 58.8 Å². The van der Waals surface area contributed by atoms with Gasteiger partial charge in [0.1, 0.15) is 5.60 Å². The molecule has 0 bridgehead atoms. The largest absolute Gasteiger partial charge is 0.444 e. The number of rotatable bonds is 8. The number of carbonyl (C=O) groups is 1. The summed E-state index contributed by atoms with van der Waals surface area (Å²) in [5, 5.41) is 10.4. The van der Waals surface area contributed by atoms with Gasteiger partial charge in [-0.2, -0.15) is 0 Å². The van der Waals surface area contributed by atoms with Gasteiger partial charge in [0.15, 0.2) is 0 Å². The van der Waals surface area contributed by atoms with Crippen molar-refractivity contribution in [1.29, 1.82) is 0 Å². The molecule has 1 amide bonds. The van der Waals surface area contributed by atoms with E-state index in [1.165, 1.54) is 0 Å². The summed E-state index contributed by atoms with van der Waals surface area (Å²) in [5.41, 5.74) is 6.50. The Kier molecular flexibility index (Phi) is 8.82. The van der Waals surface area contributed by atoms with E-state index in [2.05, 4.69) is 6.92 Å². The molecule has 5 heteroatoms. The summed E-state index contributed by atoms with van der Waals surface area (Å²) in [6.07, 6.45) is 3.44. The Morgan fingerprint density at radius 2 is 1.85 bits per heavy atom. The Hall–Kier alpha value is -1.85. The summed E-state index contributed by atoms with van der Waals surface area (Å²) >= 11 is 0. The standard InChI is InChI=1S/C21H34N2O3/c1-6-16(15-23(7-2)20(25)26-21(3,4)5)13-14-18(24)19(22)17-11-9-8-10-12-17/h8-14,16,18-19,24H,6-7,15,22H2,1-5H3. The molecule has 0 aliphatic heterocycles. The average Bonchev–Trinajstić information content (AvgIpc) is 2.60. The lowest BCUT2D eigenvalue weighted by Crippen LogP contribution is -2.39. The molecular formula is C21H34N2O3. The highest BCUT2D eigenvalue weighted by Crippen LogP contribution is 2.17. The first-order valence-corrected chi connectivity index (χ1v) is 9.32. The number of carbonyl (C=O) groups excluding carboxylic acids is 1. The topological polar surface area (TPSA) is 75.8 Å². The second-order valence-electron chi connectivity index (χ2n) is 7.50. The predicted octanol–water partition coefficient (Wildman–Crippen LogP) is 3.89. The van der Waals surface area contributed by atoms with E-state index in [9.17, 15) is 9.90 Å². The molecule has 3 unspecified atom stereocenters. The van der Waals surface area contributed by atoms with Crippen LogP contribution in [0.4, 0.5) is 4.79 Å². The fraction of sp³-hybridized carbons (Fsp3) is 0.571. The van der Waals surface area contributed by atoms with Crippen molar-refractivity contribution >= 4 is 6.09 Å². The van der Waals surface area contributed by atoms with Crippen molar-refractivity contribution in [3.05, 3.63) is 48.0 Å². The molecule has 0 aliphatic carbocycles. The second kappa shape index (κ2) is 10.3. The van der Waals surface area contributed by atoms with Gasteiger partial charge in [0.25, 0.3) is 0 Å². The fourth-order valence-electron chi connectivity index (χ4n) is 2.53. The van der Waals surface area contributed by atoms with E-state index >= 15 is 0 Å². The lowest BCUT2D eigenvalue weighted by atomic mass is 9.99. The minimum atomic E-state index is -0.775. The van der Waals surface area contributed by atoms with Gasteiger partial charge in [-0.25, -0.2) is 4.79 Å². The lowest BCUT2D eigenvalue weighted by molar-refractivity contribution is 0.0241. The number of ether oxygens (including phenoxy) is 1. The summed E-state index contributed by atoms with van der Waals surface area (Å²) in [5.74, 6) is 0.125. The molecule has 0 heterocycles. The number of hydrogen-bond acceptors (Lipinski definition) is 4. The van der Waals surface area contributed by atoms with Crippen molar-refractivity contribution < 1.29 is 14.6 Å².